The summed E-state index contributed by atoms with van der Waals surface area (Å²) in [5.41, 5.74) is 1.03. The summed E-state index contributed by atoms with van der Waals surface area (Å²) in [6.45, 7) is 7.28. The number of carbonyl (C=O) groups excluding carboxylic acids is 1. The monoisotopic (exact) mass is 112 g/mol. The first-order chi connectivity index (χ1) is 3.66. The molecule has 0 radical (unpaired) electrons. The zero-order chi connectivity index (χ0) is 6.57. The highest BCUT2D eigenvalue weighted by Crippen LogP contribution is 2.01. The molecule has 8 heavy (non-hydrogen) atoms. The van der Waals surface area contributed by atoms with E-state index in [0.29, 0.717) is 6.42 Å². The summed E-state index contributed by atoms with van der Waals surface area (Å²) in [4.78, 5) is 10.4. The smallest absolute Gasteiger partial charge is 0.133 e. The number of rotatable bonds is 3. The Morgan fingerprint density at radius 2 is 2.12 bits per heavy atom. The van der Waals surface area contributed by atoms with Gasteiger partial charge in [0.15, 0.2) is 0 Å². The van der Waals surface area contributed by atoms with Gasteiger partial charge in [0.2, 0.25) is 0 Å². The van der Waals surface area contributed by atoms with Gasteiger partial charge in [0, 0.05) is 6.42 Å². The number of carbonyl (C=O) groups is 1. The lowest BCUT2D eigenvalue weighted by Crippen LogP contribution is -1.90. The fourth-order valence-electron chi connectivity index (χ4n) is 0.477. The van der Waals surface area contributed by atoms with E-state index < -0.39 is 0 Å². The van der Waals surface area contributed by atoms with Crippen LogP contribution in [0.2, 0.25) is 0 Å². The molecule has 0 saturated heterocycles. The van der Waals surface area contributed by atoms with E-state index in [1.54, 1.807) is 6.92 Å². The van der Waals surface area contributed by atoms with E-state index in [-0.39, 0.29) is 5.78 Å². The van der Waals surface area contributed by atoms with Gasteiger partial charge < -0.3 is 0 Å². The van der Waals surface area contributed by atoms with Crippen molar-refractivity contribution in [3.8, 4) is 0 Å². The van der Waals surface area contributed by atoms with Crippen LogP contribution in [-0.2, 0) is 4.79 Å². The van der Waals surface area contributed by atoms with Crippen LogP contribution in [0.1, 0.15) is 26.7 Å². The Morgan fingerprint density at radius 1 is 1.62 bits per heavy atom. The topological polar surface area (TPSA) is 17.1 Å². The van der Waals surface area contributed by atoms with Gasteiger partial charge in [-0.15, -0.1) is 0 Å². The first kappa shape index (κ1) is 7.41. The maximum absolute atomic E-state index is 10.4. The van der Waals surface area contributed by atoms with E-state index in [1.165, 1.54) is 0 Å². The van der Waals surface area contributed by atoms with Crippen LogP contribution in [0.15, 0.2) is 12.2 Å². The Balaban J connectivity index is 3.40. The van der Waals surface area contributed by atoms with Crippen LogP contribution >= 0.6 is 0 Å². The second kappa shape index (κ2) is 3.42. The molecule has 1 heteroatoms. The molecule has 0 aromatic heterocycles. The molecule has 0 bridgehead atoms. The van der Waals surface area contributed by atoms with Gasteiger partial charge in [-0.2, -0.15) is 0 Å². The fourth-order valence-corrected chi connectivity index (χ4v) is 0.477. The lowest BCUT2D eigenvalue weighted by Gasteiger charge is -1.93. The third-order valence-corrected chi connectivity index (χ3v) is 0.999. The molecular formula is C7H12O. The Bertz CT molecular complexity index is 103. The van der Waals surface area contributed by atoms with Crippen molar-refractivity contribution >= 4 is 5.78 Å². The van der Waals surface area contributed by atoms with Crippen molar-refractivity contribution in [2.75, 3.05) is 0 Å². The van der Waals surface area contributed by atoms with Crippen LogP contribution in [-0.4, -0.2) is 5.78 Å². The first-order valence-corrected chi connectivity index (χ1v) is 2.83. The lowest BCUT2D eigenvalue weighted by molar-refractivity contribution is -0.116. The Kier molecular flexibility index (Phi) is 3.16. The quantitative estimate of drug-likeness (QED) is 0.510. The third-order valence-electron chi connectivity index (χ3n) is 0.999. The summed E-state index contributed by atoms with van der Waals surface area (Å²) >= 11 is 0. The molecule has 0 fully saturated rings. The van der Waals surface area contributed by atoms with Gasteiger partial charge in [-0.1, -0.05) is 19.1 Å². The second-order valence-electron chi connectivity index (χ2n) is 1.98. The molecule has 0 aromatic carbocycles. The van der Waals surface area contributed by atoms with Gasteiger partial charge in [-0.25, -0.2) is 0 Å². The van der Waals surface area contributed by atoms with Crippen molar-refractivity contribution in [1.29, 1.82) is 0 Å². The maximum Gasteiger partial charge on any atom is 0.133 e. The van der Waals surface area contributed by atoms with E-state index in [4.69, 9.17) is 0 Å². The number of hydrogen-bond donors (Lipinski definition) is 0. The van der Waals surface area contributed by atoms with E-state index >= 15 is 0 Å². The van der Waals surface area contributed by atoms with E-state index in [9.17, 15) is 4.79 Å². The number of hydrogen-bond acceptors (Lipinski definition) is 1. The lowest BCUT2D eigenvalue weighted by atomic mass is 10.1. The van der Waals surface area contributed by atoms with Gasteiger partial charge in [0.05, 0.1) is 0 Å². The number of ketones is 1. The molecule has 0 atom stereocenters. The molecule has 0 amide bonds. The van der Waals surface area contributed by atoms with Gasteiger partial charge in [0.25, 0.3) is 0 Å². The van der Waals surface area contributed by atoms with Crippen LogP contribution < -0.4 is 0 Å². The molecule has 0 N–H and O–H groups in total. The fraction of sp³-hybridized carbons (Fsp3) is 0.571. The summed E-state index contributed by atoms with van der Waals surface area (Å²) in [5.74, 6) is 0.205. The van der Waals surface area contributed by atoms with Gasteiger partial charge >= 0.3 is 0 Å². The Hall–Kier alpha value is -0.590. The minimum Gasteiger partial charge on any atom is -0.300 e. The highest BCUT2D eigenvalue weighted by Gasteiger charge is 1.93. The SMILES string of the molecule is C=C(CC)CC(C)=O. The molecule has 0 spiro atoms. The molecule has 0 aliphatic rings. The van der Waals surface area contributed by atoms with Crippen LogP contribution in [0.5, 0.6) is 0 Å². The normalized spacial score (nSPS) is 8.75. The zero-order valence-corrected chi connectivity index (χ0v) is 5.53. The largest absolute Gasteiger partial charge is 0.300 e. The predicted octanol–water partition coefficient (Wildman–Crippen LogP) is 1.93. The van der Waals surface area contributed by atoms with Crippen molar-refractivity contribution in [3.05, 3.63) is 12.2 Å². The van der Waals surface area contributed by atoms with Crippen LogP contribution in [0.4, 0.5) is 0 Å². The van der Waals surface area contributed by atoms with Crippen molar-refractivity contribution in [1.82, 2.24) is 0 Å². The molecule has 0 aliphatic heterocycles. The van der Waals surface area contributed by atoms with Gasteiger partial charge in [-0.3, -0.25) is 4.79 Å². The zero-order valence-electron chi connectivity index (χ0n) is 5.53. The molecule has 0 heterocycles. The first-order valence-electron chi connectivity index (χ1n) is 2.83. The average Bonchev–Trinajstić information content (AvgIpc) is 1.65. The maximum atomic E-state index is 10.4. The van der Waals surface area contributed by atoms with E-state index in [2.05, 4.69) is 6.58 Å². The van der Waals surface area contributed by atoms with Crippen molar-refractivity contribution in [3.63, 3.8) is 0 Å². The molecule has 1 nitrogen and oxygen atoms in total. The van der Waals surface area contributed by atoms with Crippen LogP contribution in [0.3, 0.4) is 0 Å². The van der Waals surface area contributed by atoms with Crippen LogP contribution in [0, 0.1) is 0 Å². The summed E-state index contributed by atoms with van der Waals surface area (Å²) < 4.78 is 0. The summed E-state index contributed by atoms with van der Waals surface area (Å²) in [5, 5.41) is 0. The average molecular weight is 112 g/mol. The minimum atomic E-state index is 0.205. The molecule has 0 aliphatic carbocycles. The number of allylic oxidation sites excluding steroid dienone is 1. The second-order valence-corrected chi connectivity index (χ2v) is 1.98. The summed E-state index contributed by atoms with van der Waals surface area (Å²) in [6.07, 6.45) is 1.47. The van der Waals surface area contributed by atoms with Crippen LogP contribution in [0.25, 0.3) is 0 Å². The van der Waals surface area contributed by atoms with E-state index in [1.807, 2.05) is 6.92 Å². The Labute approximate surface area is 50.4 Å². The Morgan fingerprint density at radius 3 is 2.25 bits per heavy atom. The molecule has 0 unspecified atom stereocenters. The summed E-state index contributed by atoms with van der Waals surface area (Å²) in [6, 6.07) is 0. The molecule has 0 aromatic rings. The molecular weight excluding hydrogens is 100 g/mol. The molecule has 46 valence electrons. The highest BCUT2D eigenvalue weighted by atomic mass is 16.1. The van der Waals surface area contributed by atoms with Crippen molar-refractivity contribution < 1.29 is 4.79 Å². The third kappa shape index (κ3) is 3.59. The number of Topliss-reactive ketones (excluding diaryl/α,β-unsaturated/α-hetero) is 1. The summed E-state index contributed by atoms with van der Waals surface area (Å²) in [7, 11) is 0. The highest BCUT2D eigenvalue weighted by molar-refractivity contribution is 5.77. The van der Waals surface area contributed by atoms with Gasteiger partial charge in [0.1, 0.15) is 5.78 Å². The molecule has 0 saturated carbocycles. The van der Waals surface area contributed by atoms with Gasteiger partial charge in [-0.05, 0) is 13.3 Å². The minimum absolute atomic E-state index is 0.205. The van der Waals surface area contributed by atoms with Crippen molar-refractivity contribution in [2.45, 2.75) is 26.7 Å². The predicted molar refractivity (Wildman–Crippen MR) is 34.7 cm³/mol. The van der Waals surface area contributed by atoms with E-state index in [0.717, 1.165) is 12.0 Å². The standard InChI is InChI=1S/C7H12O/c1-4-6(2)5-7(3)8/h2,4-5H2,1,3H3. The van der Waals surface area contributed by atoms with Crippen molar-refractivity contribution in [2.24, 2.45) is 0 Å². The molecule has 0 rings (SSSR count).